The molecule has 2 fully saturated rings. The molecule has 4 rings (SSSR count). The summed E-state index contributed by atoms with van der Waals surface area (Å²) in [5.41, 5.74) is 1.23. The second-order valence-corrected chi connectivity index (χ2v) is 7.78. The number of anilines is 1. The molecule has 2 amide bonds. The number of carbonyl (C=O) groups is 2. The van der Waals surface area contributed by atoms with Gasteiger partial charge < -0.3 is 24.8 Å². The molecular formula is C21H27N5O5. The van der Waals surface area contributed by atoms with Crippen LogP contribution in [0, 0.1) is 0 Å². The number of amides is 2. The summed E-state index contributed by atoms with van der Waals surface area (Å²) in [5, 5.41) is 13.8. The van der Waals surface area contributed by atoms with Gasteiger partial charge in [0.25, 0.3) is 5.91 Å². The molecule has 1 aromatic heterocycles. The van der Waals surface area contributed by atoms with Crippen LogP contribution in [0.5, 0.6) is 17.2 Å². The maximum atomic E-state index is 13.1. The van der Waals surface area contributed by atoms with Crippen LogP contribution < -0.4 is 30.2 Å². The number of hydrogen-bond donors (Lipinski definition) is 3. The average Bonchev–Trinajstić information content (AvgIpc) is 3.52. The lowest BCUT2D eigenvalue weighted by molar-refractivity contribution is -0.125. The largest absolute Gasteiger partial charge is 0.493 e. The van der Waals surface area contributed by atoms with E-state index in [2.05, 4.69) is 21.0 Å². The first kappa shape index (κ1) is 21.0. The molecule has 31 heavy (non-hydrogen) atoms. The van der Waals surface area contributed by atoms with E-state index in [0.717, 1.165) is 18.5 Å². The van der Waals surface area contributed by atoms with Crippen LogP contribution in [0.1, 0.15) is 54.4 Å². The van der Waals surface area contributed by atoms with Crippen molar-refractivity contribution in [3.63, 3.8) is 0 Å². The van der Waals surface area contributed by atoms with E-state index in [4.69, 9.17) is 14.2 Å². The summed E-state index contributed by atoms with van der Waals surface area (Å²) in [4.78, 5) is 25.1. The smallest absolute Gasteiger partial charge is 0.257 e. The minimum atomic E-state index is -0.543. The van der Waals surface area contributed by atoms with Crippen LogP contribution in [0.4, 0.5) is 5.82 Å². The molecule has 166 valence electrons. The molecule has 2 unspecified atom stereocenters. The van der Waals surface area contributed by atoms with Gasteiger partial charge in [-0.25, -0.2) is 4.68 Å². The fourth-order valence-electron chi connectivity index (χ4n) is 3.67. The van der Waals surface area contributed by atoms with Gasteiger partial charge in [-0.2, -0.15) is 5.10 Å². The van der Waals surface area contributed by atoms with Gasteiger partial charge in [-0.05, 0) is 31.9 Å². The van der Waals surface area contributed by atoms with Crippen LogP contribution in [0.25, 0.3) is 0 Å². The van der Waals surface area contributed by atoms with Crippen molar-refractivity contribution in [2.24, 2.45) is 0 Å². The number of benzene rings is 1. The Hall–Kier alpha value is -3.27. The first-order valence-electron chi connectivity index (χ1n) is 10.2. The topological polar surface area (TPSA) is 116 Å². The van der Waals surface area contributed by atoms with Gasteiger partial charge in [-0.15, -0.1) is 0 Å². The van der Waals surface area contributed by atoms with Crippen LogP contribution in [-0.2, 0) is 4.79 Å². The van der Waals surface area contributed by atoms with E-state index in [9.17, 15) is 9.59 Å². The predicted octanol–water partition coefficient (Wildman–Crippen LogP) is 1.99. The van der Waals surface area contributed by atoms with Crippen LogP contribution >= 0.6 is 0 Å². The Morgan fingerprint density at radius 3 is 2.35 bits per heavy atom. The Morgan fingerprint density at radius 1 is 1.13 bits per heavy atom. The molecule has 3 N–H and O–H groups in total. The Labute approximate surface area is 180 Å². The normalized spacial score (nSPS) is 20.7. The molecule has 0 bridgehead atoms. The van der Waals surface area contributed by atoms with Crippen LogP contribution in [0.3, 0.4) is 0 Å². The second kappa shape index (κ2) is 8.46. The molecule has 1 saturated carbocycles. The lowest BCUT2D eigenvalue weighted by Crippen LogP contribution is -2.52. The molecule has 0 radical (unpaired) electrons. The first-order valence-corrected chi connectivity index (χ1v) is 10.2. The quantitative estimate of drug-likeness (QED) is 0.616. The van der Waals surface area contributed by atoms with E-state index in [1.54, 1.807) is 16.8 Å². The van der Waals surface area contributed by atoms with Gasteiger partial charge in [-0.1, -0.05) is 0 Å². The van der Waals surface area contributed by atoms with E-state index >= 15 is 0 Å². The van der Waals surface area contributed by atoms with E-state index in [1.165, 1.54) is 21.3 Å². The summed E-state index contributed by atoms with van der Waals surface area (Å²) in [6.07, 6.45) is 1.98. The van der Waals surface area contributed by atoms with E-state index in [-0.39, 0.29) is 17.9 Å². The number of rotatable bonds is 7. The van der Waals surface area contributed by atoms with E-state index in [0.29, 0.717) is 41.0 Å². The summed E-state index contributed by atoms with van der Waals surface area (Å²) >= 11 is 0. The number of hydrogen-bond acceptors (Lipinski definition) is 7. The third-order valence-corrected chi connectivity index (χ3v) is 5.40. The van der Waals surface area contributed by atoms with Gasteiger partial charge in [0.15, 0.2) is 17.8 Å². The van der Waals surface area contributed by atoms with Gasteiger partial charge in [0.2, 0.25) is 11.7 Å². The molecule has 1 aliphatic heterocycles. The van der Waals surface area contributed by atoms with Crippen molar-refractivity contribution in [1.82, 2.24) is 20.4 Å². The third kappa shape index (κ3) is 4.29. The maximum Gasteiger partial charge on any atom is 0.257 e. The number of ether oxygens (including phenoxy) is 3. The molecule has 2 aliphatic rings. The van der Waals surface area contributed by atoms with E-state index < -0.39 is 6.29 Å². The molecular weight excluding hydrogens is 402 g/mol. The Balaban J connectivity index is 1.64. The number of methoxy groups -OCH3 is 3. The number of aromatic nitrogens is 2. The summed E-state index contributed by atoms with van der Waals surface area (Å²) in [5.74, 6) is 1.62. The Bertz CT molecular complexity index is 975. The van der Waals surface area contributed by atoms with E-state index in [1.807, 2.05) is 13.0 Å². The van der Waals surface area contributed by atoms with Gasteiger partial charge in [-0.3, -0.25) is 14.9 Å². The van der Waals surface area contributed by atoms with Crippen molar-refractivity contribution in [3.05, 3.63) is 29.5 Å². The number of carbonyl (C=O) groups excluding carboxylic acids is 2. The van der Waals surface area contributed by atoms with Gasteiger partial charge in [0.1, 0.15) is 5.82 Å². The molecule has 2 atom stereocenters. The highest BCUT2D eigenvalue weighted by molar-refractivity contribution is 6.04. The highest BCUT2D eigenvalue weighted by Crippen LogP contribution is 2.41. The van der Waals surface area contributed by atoms with Gasteiger partial charge >= 0.3 is 0 Å². The second-order valence-electron chi connectivity index (χ2n) is 7.78. The summed E-state index contributed by atoms with van der Waals surface area (Å²) < 4.78 is 17.6. The average molecular weight is 429 g/mol. The zero-order valence-corrected chi connectivity index (χ0v) is 18.0. The van der Waals surface area contributed by atoms with Crippen LogP contribution in [0.2, 0.25) is 0 Å². The molecule has 2 heterocycles. The Kier molecular flexibility index (Phi) is 5.73. The summed E-state index contributed by atoms with van der Waals surface area (Å²) in [6.45, 7) is 1.94. The molecule has 0 spiro atoms. The molecule has 1 aliphatic carbocycles. The fraction of sp³-hybridized carbons (Fsp3) is 0.476. The summed E-state index contributed by atoms with van der Waals surface area (Å²) in [6, 6.07) is 5.02. The minimum Gasteiger partial charge on any atom is -0.493 e. The Morgan fingerprint density at radius 2 is 1.81 bits per heavy atom. The monoisotopic (exact) mass is 429 g/mol. The molecule has 1 aromatic carbocycles. The van der Waals surface area contributed by atoms with Crippen LogP contribution in [0.15, 0.2) is 18.2 Å². The van der Waals surface area contributed by atoms with Crippen molar-refractivity contribution in [2.75, 3.05) is 26.6 Å². The molecule has 10 heteroatoms. The summed E-state index contributed by atoms with van der Waals surface area (Å²) in [7, 11) is 4.49. The van der Waals surface area contributed by atoms with Gasteiger partial charge in [0.05, 0.1) is 27.0 Å². The lowest BCUT2D eigenvalue weighted by Gasteiger charge is -2.30. The lowest BCUT2D eigenvalue weighted by atomic mass is 10.1. The highest BCUT2D eigenvalue weighted by Gasteiger charge is 2.32. The SMILES string of the molecule is COc1cc(C(=O)Nc2cc(C3CC3)nn2C2NC(=O)CC(C)N2)cc(OC)c1OC. The number of nitrogens with zero attached hydrogens (tertiary/aromatic N) is 2. The van der Waals surface area contributed by atoms with Crippen molar-refractivity contribution in [1.29, 1.82) is 0 Å². The van der Waals surface area contributed by atoms with Crippen molar-refractivity contribution in [3.8, 4) is 17.2 Å². The van der Waals surface area contributed by atoms with Crippen molar-refractivity contribution >= 4 is 17.6 Å². The van der Waals surface area contributed by atoms with Gasteiger partial charge in [0, 0.05) is 30.0 Å². The molecule has 2 aromatic rings. The predicted molar refractivity (Wildman–Crippen MR) is 113 cm³/mol. The molecule has 1 saturated heterocycles. The molecule has 10 nitrogen and oxygen atoms in total. The minimum absolute atomic E-state index is 0.00835. The standard InChI is InChI=1S/C21H27N5O5/c1-11-7-18(27)24-21(22-11)26-17(10-14(25-26)12-5-6-12)23-20(28)13-8-15(29-2)19(31-4)16(9-13)30-3/h8-12,21-22H,5-7H2,1-4H3,(H,23,28)(H,24,27). The van der Waals surface area contributed by atoms with Crippen LogP contribution in [-0.4, -0.2) is 49.0 Å². The zero-order valence-electron chi connectivity index (χ0n) is 18.0. The highest BCUT2D eigenvalue weighted by atomic mass is 16.5. The first-order chi connectivity index (χ1) is 14.9. The zero-order chi connectivity index (χ0) is 22.1. The van der Waals surface area contributed by atoms with Crippen molar-refractivity contribution in [2.45, 2.75) is 44.4 Å². The maximum absolute atomic E-state index is 13.1. The number of nitrogens with one attached hydrogen (secondary N) is 3. The fourth-order valence-corrected chi connectivity index (χ4v) is 3.67. The van der Waals surface area contributed by atoms with Crippen molar-refractivity contribution < 1.29 is 23.8 Å². The third-order valence-electron chi connectivity index (χ3n) is 5.40.